The molecular weight excluding hydrogens is 408 g/mol. The number of imide groups is 1. The van der Waals surface area contributed by atoms with Gasteiger partial charge in [-0.1, -0.05) is 54.6 Å². The molecule has 4 rings (SSSR count). The van der Waals surface area contributed by atoms with Gasteiger partial charge in [0.25, 0.3) is 11.8 Å². The molecule has 2 aliphatic rings. The number of nitrogens with zero attached hydrogens (tertiary/aromatic N) is 5. The van der Waals surface area contributed by atoms with Crippen molar-refractivity contribution in [3.63, 3.8) is 0 Å². The van der Waals surface area contributed by atoms with Gasteiger partial charge in [-0.3, -0.25) is 14.5 Å². The van der Waals surface area contributed by atoms with Crippen LogP contribution in [0, 0.1) is 0 Å². The van der Waals surface area contributed by atoms with E-state index >= 15 is 0 Å². The largest absolute Gasteiger partial charge is 0.338 e. The van der Waals surface area contributed by atoms with Gasteiger partial charge in [0.15, 0.2) is 12.2 Å². The number of benzene rings is 2. The summed E-state index contributed by atoms with van der Waals surface area (Å²) in [4.78, 5) is 45.2. The summed E-state index contributed by atoms with van der Waals surface area (Å²) in [6.07, 6.45) is 0.807. The Bertz CT molecular complexity index is 1100. The van der Waals surface area contributed by atoms with Crippen molar-refractivity contribution in [2.45, 2.75) is 19.1 Å². The van der Waals surface area contributed by atoms with Gasteiger partial charge >= 0.3 is 6.03 Å². The molecule has 32 heavy (non-hydrogen) atoms. The minimum absolute atomic E-state index is 0.101. The lowest BCUT2D eigenvalue weighted by atomic mass is 10.0. The highest BCUT2D eigenvalue weighted by Gasteiger charge is 2.48. The monoisotopic (exact) mass is 432 g/mol. The summed E-state index contributed by atoms with van der Waals surface area (Å²) in [5, 5.41) is 4.19. The lowest BCUT2D eigenvalue weighted by Gasteiger charge is -2.39. The number of hydrogen-bond acceptors (Lipinski definition) is 6. The molecule has 0 spiro atoms. The van der Waals surface area contributed by atoms with E-state index in [-0.39, 0.29) is 18.4 Å². The third-order valence-corrected chi connectivity index (χ3v) is 5.66. The molecule has 1 fully saturated rings. The molecular formula is C23H24N6O3. The van der Waals surface area contributed by atoms with Gasteiger partial charge in [0.2, 0.25) is 0 Å². The zero-order chi connectivity index (χ0) is 22.8. The summed E-state index contributed by atoms with van der Waals surface area (Å²) in [5.74, 6) is -0.769. The van der Waals surface area contributed by atoms with Crippen LogP contribution in [0.4, 0.5) is 4.79 Å². The zero-order valence-corrected chi connectivity index (χ0v) is 18.1. The first-order valence-electron chi connectivity index (χ1n) is 10.2. The Labute approximate surface area is 186 Å². The third kappa shape index (κ3) is 3.96. The maximum Gasteiger partial charge on any atom is 0.328 e. The van der Waals surface area contributed by atoms with E-state index in [0.29, 0.717) is 5.71 Å². The fourth-order valence-corrected chi connectivity index (χ4v) is 3.79. The van der Waals surface area contributed by atoms with Crippen LogP contribution in [0.3, 0.4) is 0 Å². The SMILES string of the molecule is C/C(=N\NC(=O)CN1C=NC2C1C(=O)N(C)C(=O)N2C)c1ccc(-c2ccccc2)cc1. The van der Waals surface area contributed by atoms with E-state index in [2.05, 4.69) is 15.5 Å². The normalized spacial score (nSPS) is 20.6. The summed E-state index contributed by atoms with van der Waals surface area (Å²) in [6.45, 7) is 1.71. The molecule has 9 heteroatoms. The summed E-state index contributed by atoms with van der Waals surface area (Å²) < 4.78 is 0. The molecule has 0 saturated carbocycles. The molecule has 2 aromatic carbocycles. The van der Waals surface area contributed by atoms with E-state index in [1.807, 2.05) is 61.5 Å². The van der Waals surface area contributed by atoms with Crippen molar-refractivity contribution in [1.82, 2.24) is 20.1 Å². The van der Waals surface area contributed by atoms with Gasteiger partial charge in [-0.25, -0.2) is 15.2 Å². The highest BCUT2D eigenvalue weighted by Crippen LogP contribution is 2.24. The summed E-state index contributed by atoms with van der Waals surface area (Å²) in [5.41, 5.74) is 6.30. The Hall–Kier alpha value is -4.01. The first-order chi connectivity index (χ1) is 15.4. The zero-order valence-electron chi connectivity index (χ0n) is 18.1. The van der Waals surface area contributed by atoms with Gasteiger partial charge in [0.05, 0.1) is 12.1 Å². The van der Waals surface area contributed by atoms with E-state index in [9.17, 15) is 14.4 Å². The second-order valence-electron chi connectivity index (χ2n) is 7.76. The van der Waals surface area contributed by atoms with Crippen molar-refractivity contribution >= 4 is 29.9 Å². The Morgan fingerprint density at radius 3 is 2.38 bits per heavy atom. The van der Waals surface area contributed by atoms with Gasteiger partial charge in [0, 0.05) is 14.1 Å². The van der Waals surface area contributed by atoms with Gasteiger partial charge in [-0.15, -0.1) is 0 Å². The molecule has 2 heterocycles. The molecule has 1 N–H and O–H groups in total. The second kappa shape index (κ2) is 8.62. The Morgan fingerprint density at radius 1 is 1.03 bits per heavy atom. The molecule has 0 aliphatic carbocycles. The molecule has 2 unspecified atom stereocenters. The van der Waals surface area contributed by atoms with Crippen molar-refractivity contribution in [3.8, 4) is 11.1 Å². The smallest absolute Gasteiger partial charge is 0.328 e. The fraction of sp³-hybridized carbons (Fsp3) is 0.261. The molecule has 1 saturated heterocycles. The number of likely N-dealkylation sites (N-methyl/N-ethyl adjacent to an activating group) is 2. The Balaban J connectivity index is 1.38. The van der Waals surface area contributed by atoms with Crippen molar-refractivity contribution in [2.24, 2.45) is 10.1 Å². The lowest BCUT2D eigenvalue weighted by molar-refractivity contribution is -0.136. The fourth-order valence-electron chi connectivity index (χ4n) is 3.79. The highest BCUT2D eigenvalue weighted by molar-refractivity contribution is 6.02. The molecule has 0 radical (unpaired) electrons. The molecule has 164 valence electrons. The number of aliphatic imine (C=N–C) groups is 1. The summed E-state index contributed by atoms with van der Waals surface area (Å²) in [6, 6.07) is 16.8. The van der Waals surface area contributed by atoms with Crippen LogP contribution in [-0.2, 0) is 9.59 Å². The standard InChI is InChI=1S/C23H24N6O3/c1-15(16-9-11-18(12-10-16)17-7-5-4-6-8-17)25-26-19(30)13-29-14-24-21-20(29)22(31)28(3)23(32)27(21)2/h4-12,14,20-21H,13H2,1-3H3,(H,26,30)/b25-15+. The molecule has 2 atom stereocenters. The van der Waals surface area contributed by atoms with E-state index in [0.717, 1.165) is 21.6 Å². The first kappa shape index (κ1) is 21.2. The average Bonchev–Trinajstić information content (AvgIpc) is 3.24. The van der Waals surface area contributed by atoms with Crippen molar-refractivity contribution < 1.29 is 14.4 Å². The van der Waals surface area contributed by atoms with Gasteiger partial charge in [-0.2, -0.15) is 5.10 Å². The van der Waals surface area contributed by atoms with Crippen LogP contribution in [0.1, 0.15) is 12.5 Å². The highest BCUT2D eigenvalue weighted by atomic mass is 16.2. The predicted molar refractivity (Wildman–Crippen MR) is 121 cm³/mol. The van der Waals surface area contributed by atoms with Crippen LogP contribution >= 0.6 is 0 Å². The van der Waals surface area contributed by atoms with E-state index < -0.39 is 18.2 Å². The van der Waals surface area contributed by atoms with Crippen molar-refractivity contribution in [1.29, 1.82) is 0 Å². The number of fused-ring (bicyclic) bond motifs is 1. The summed E-state index contributed by atoms with van der Waals surface area (Å²) >= 11 is 0. The number of urea groups is 1. The molecule has 0 bridgehead atoms. The lowest BCUT2D eigenvalue weighted by Crippen LogP contribution is -2.64. The Kier molecular flexibility index (Phi) is 5.72. The quantitative estimate of drug-likeness (QED) is 0.575. The number of hydrogen-bond donors (Lipinski definition) is 1. The van der Waals surface area contributed by atoms with Crippen LogP contribution in [0.2, 0.25) is 0 Å². The van der Waals surface area contributed by atoms with Crippen LogP contribution < -0.4 is 5.43 Å². The number of amides is 4. The average molecular weight is 432 g/mol. The number of rotatable bonds is 5. The maximum atomic E-state index is 12.5. The second-order valence-corrected chi connectivity index (χ2v) is 7.76. The number of hydrazone groups is 1. The number of carbonyl (C=O) groups is 3. The van der Waals surface area contributed by atoms with E-state index in [1.54, 1.807) is 7.05 Å². The van der Waals surface area contributed by atoms with Crippen molar-refractivity contribution in [2.75, 3.05) is 20.6 Å². The predicted octanol–water partition coefficient (Wildman–Crippen LogP) is 1.76. The maximum absolute atomic E-state index is 12.5. The third-order valence-electron chi connectivity index (χ3n) is 5.66. The molecule has 2 aromatic rings. The number of nitrogens with one attached hydrogen (secondary N) is 1. The molecule has 2 aliphatic heterocycles. The van der Waals surface area contributed by atoms with E-state index in [4.69, 9.17) is 0 Å². The van der Waals surface area contributed by atoms with Crippen LogP contribution in [0.25, 0.3) is 11.1 Å². The van der Waals surface area contributed by atoms with Gasteiger partial charge in [0.1, 0.15) is 6.54 Å². The topological polar surface area (TPSA) is 97.7 Å². The minimum Gasteiger partial charge on any atom is -0.338 e. The van der Waals surface area contributed by atoms with E-state index in [1.165, 1.54) is 23.2 Å². The molecule has 0 aromatic heterocycles. The van der Waals surface area contributed by atoms with Gasteiger partial charge in [-0.05, 0) is 23.6 Å². The van der Waals surface area contributed by atoms with Gasteiger partial charge < -0.3 is 9.80 Å². The first-order valence-corrected chi connectivity index (χ1v) is 10.2. The number of carbonyl (C=O) groups excluding carboxylic acids is 3. The van der Waals surface area contributed by atoms with Crippen LogP contribution in [0.5, 0.6) is 0 Å². The van der Waals surface area contributed by atoms with Crippen LogP contribution in [-0.4, -0.2) is 77.4 Å². The minimum atomic E-state index is -0.718. The Morgan fingerprint density at radius 2 is 1.69 bits per heavy atom. The summed E-state index contributed by atoms with van der Waals surface area (Å²) in [7, 11) is 3.01. The van der Waals surface area contributed by atoms with Crippen molar-refractivity contribution in [3.05, 3.63) is 60.2 Å². The molecule has 4 amide bonds. The molecule has 9 nitrogen and oxygen atoms in total. The van der Waals surface area contributed by atoms with Crippen LogP contribution in [0.15, 0.2) is 64.7 Å².